The molecule has 0 aromatic heterocycles. The molecule has 0 bridgehead atoms. The summed E-state index contributed by atoms with van der Waals surface area (Å²) in [7, 11) is 4.53. The Morgan fingerprint density at radius 1 is 1.11 bits per heavy atom. The monoisotopic (exact) mass is 354 g/mol. The van der Waals surface area contributed by atoms with Crippen LogP contribution in [0.4, 0.5) is 0 Å². The summed E-state index contributed by atoms with van der Waals surface area (Å²) in [6, 6.07) is 0. The first kappa shape index (κ1) is 31.8. The van der Waals surface area contributed by atoms with Gasteiger partial charge in [0.15, 0.2) is 0 Å². The second kappa shape index (κ2) is 20.9. The largest absolute Gasteiger partial charge is 2.00 e. The number of esters is 1. The number of hydrogen-bond donors (Lipinski definition) is 1. The van der Waals surface area contributed by atoms with Gasteiger partial charge in [0.25, 0.3) is 0 Å². The van der Waals surface area contributed by atoms with Gasteiger partial charge in [0.1, 0.15) is 0 Å². The predicted octanol–water partition coefficient (Wildman–Crippen LogP) is -1.94. The summed E-state index contributed by atoms with van der Waals surface area (Å²) in [5.74, 6) is -0.230. The van der Waals surface area contributed by atoms with Crippen LogP contribution in [0.5, 0.6) is 0 Å². The van der Waals surface area contributed by atoms with E-state index in [0.717, 1.165) is 0 Å². The number of methoxy groups -OCH3 is 3. The van der Waals surface area contributed by atoms with Crippen molar-refractivity contribution in [3.05, 3.63) is 7.43 Å². The Morgan fingerprint density at radius 2 is 1.53 bits per heavy atom. The van der Waals surface area contributed by atoms with Crippen molar-refractivity contribution in [3.8, 4) is 0 Å². The van der Waals surface area contributed by atoms with E-state index in [2.05, 4.69) is 9.47 Å². The third kappa shape index (κ3) is 38.1. The SMILES string of the molecule is COCCC(=O)OC.COCCC(C)(C)O.[Br-].[CH3-].[Mg+2]. The van der Waals surface area contributed by atoms with Crippen molar-refractivity contribution >= 4 is 29.0 Å². The second-order valence-corrected chi connectivity index (χ2v) is 3.87. The molecule has 0 saturated heterocycles. The van der Waals surface area contributed by atoms with E-state index in [4.69, 9.17) is 9.84 Å². The van der Waals surface area contributed by atoms with Gasteiger partial charge in [-0.3, -0.25) is 4.79 Å². The normalized spacial score (nSPS) is 8.74. The molecule has 0 aromatic carbocycles. The van der Waals surface area contributed by atoms with Crippen molar-refractivity contribution in [1.29, 1.82) is 0 Å². The number of aliphatic hydroxyl groups is 1. The summed E-state index contributed by atoms with van der Waals surface area (Å²) < 4.78 is 13.7. The van der Waals surface area contributed by atoms with Gasteiger partial charge in [-0.1, -0.05) is 0 Å². The molecule has 0 radical (unpaired) electrons. The molecular weight excluding hydrogens is 328 g/mol. The van der Waals surface area contributed by atoms with Gasteiger partial charge >= 0.3 is 29.0 Å². The van der Waals surface area contributed by atoms with Crippen LogP contribution in [-0.2, 0) is 19.0 Å². The van der Waals surface area contributed by atoms with E-state index in [-0.39, 0.29) is 53.4 Å². The molecular formula is C12H27BrMgO5. The molecule has 1 N–H and O–H groups in total. The minimum Gasteiger partial charge on any atom is -1.00 e. The van der Waals surface area contributed by atoms with E-state index >= 15 is 0 Å². The molecule has 0 atom stereocenters. The van der Waals surface area contributed by atoms with Gasteiger partial charge in [-0.05, 0) is 20.3 Å². The smallest absolute Gasteiger partial charge is 1.00 e. The standard InChI is InChI=1S/C6H14O2.C5H10O3.CH3.BrH.Mg/c1-6(2,7)4-5-8-3;1-7-4-3-5(6)8-2;;;/h7H,4-5H2,1-3H3;3-4H2,1-2H3;1H3;1H;/q;;-1;;+2/p-1. The summed E-state index contributed by atoms with van der Waals surface area (Å²) in [4.78, 5) is 10.3. The molecule has 0 rings (SSSR count). The quantitative estimate of drug-likeness (QED) is 0.341. The Morgan fingerprint density at radius 3 is 1.74 bits per heavy atom. The van der Waals surface area contributed by atoms with Crippen LogP contribution in [0.15, 0.2) is 0 Å². The molecule has 5 nitrogen and oxygen atoms in total. The number of carbonyl (C=O) groups is 1. The number of halogens is 1. The van der Waals surface area contributed by atoms with Gasteiger partial charge in [-0.25, -0.2) is 0 Å². The zero-order valence-electron chi connectivity index (χ0n) is 13.0. The first-order valence-corrected chi connectivity index (χ1v) is 5.14. The van der Waals surface area contributed by atoms with Crippen LogP contribution in [-0.4, -0.2) is 74.3 Å². The van der Waals surface area contributed by atoms with E-state index in [1.54, 1.807) is 28.1 Å². The summed E-state index contributed by atoms with van der Waals surface area (Å²) in [6.45, 7) is 4.61. The van der Waals surface area contributed by atoms with Crippen LogP contribution in [0.25, 0.3) is 0 Å². The van der Waals surface area contributed by atoms with Gasteiger partial charge in [0.05, 0.1) is 25.7 Å². The van der Waals surface area contributed by atoms with Gasteiger partial charge in [-0.15, -0.1) is 0 Å². The van der Waals surface area contributed by atoms with Crippen LogP contribution in [0, 0.1) is 7.43 Å². The van der Waals surface area contributed by atoms with Crippen molar-refractivity contribution in [1.82, 2.24) is 0 Å². The first-order valence-electron chi connectivity index (χ1n) is 5.14. The fourth-order valence-electron chi connectivity index (χ4n) is 0.639. The number of hydrogen-bond acceptors (Lipinski definition) is 5. The summed E-state index contributed by atoms with van der Waals surface area (Å²) in [5, 5.41) is 9.07. The van der Waals surface area contributed by atoms with Crippen LogP contribution >= 0.6 is 0 Å². The molecule has 0 fully saturated rings. The molecule has 0 aliphatic rings. The fraction of sp³-hybridized carbons (Fsp3) is 0.833. The molecule has 0 spiro atoms. The van der Waals surface area contributed by atoms with E-state index in [9.17, 15) is 4.79 Å². The van der Waals surface area contributed by atoms with Crippen LogP contribution in [0.2, 0.25) is 0 Å². The van der Waals surface area contributed by atoms with Gasteiger partial charge in [0, 0.05) is 20.8 Å². The predicted molar refractivity (Wildman–Crippen MR) is 73.5 cm³/mol. The molecule has 0 aliphatic carbocycles. The van der Waals surface area contributed by atoms with Crippen molar-refractivity contribution < 1.29 is 41.1 Å². The first-order chi connectivity index (χ1) is 7.37. The summed E-state index contributed by atoms with van der Waals surface area (Å²) in [5.41, 5.74) is -0.573. The maximum absolute atomic E-state index is 10.3. The van der Waals surface area contributed by atoms with Gasteiger partial charge in [0.2, 0.25) is 0 Å². The van der Waals surface area contributed by atoms with E-state index in [0.29, 0.717) is 26.1 Å². The molecule has 0 aromatic rings. The maximum atomic E-state index is 10.3. The van der Waals surface area contributed by atoms with Gasteiger partial charge in [-0.2, -0.15) is 0 Å². The Bertz CT molecular complexity index is 174. The number of ether oxygens (including phenoxy) is 3. The third-order valence-electron chi connectivity index (χ3n) is 1.66. The topological polar surface area (TPSA) is 65.0 Å². The zero-order chi connectivity index (χ0) is 13.0. The van der Waals surface area contributed by atoms with Crippen LogP contribution < -0.4 is 17.0 Å². The third-order valence-corrected chi connectivity index (χ3v) is 1.66. The Balaban J connectivity index is -0.0000000594. The molecule has 0 unspecified atom stereocenters. The Kier molecular flexibility index (Phi) is 35.0. The van der Waals surface area contributed by atoms with Crippen LogP contribution in [0.1, 0.15) is 26.7 Å². The molecule has 0 saturated carbocycles. The number of rotatable bonds is 6. The van der Waals surface area contributed by atoms with Crippen molar-refractivity contribution in [2.75, 3.05) is 34.5 Å². The van der Waals surface area contributed by atoms with Crippen LogP contribution in [0.3, 0.4) is 0 Å². The average molecular weight is 356 g/mol. The molecule has 114 valence electrons. The van der Waals surface area contributed by atoms with Crippen molar-refractivity contribution in [2.24, 2.45) is 0 Å². The molecule has 0 heterocycles. The fourth-order valence-corrected chi connectivity index (χ4v) is 0.639. The molecule has 19 heavy (non-hydrogen) atoms. The minimum absolute atomic E-state index is 0. The zero-order valence-corrected chi connectivity index (χ0v) is 16.0. The van der Waals surface area contributed by atoms with Crippen molar-refractivity contribution in [2.45, 2.75) is 32.3 Å². The van der Waals surface area contributed by atoms with E-state index in [1.165, 1.54) is 7.11 Å². The van der Waals surface area contributed by atoms with Gasteiger partial charge < -0.3 is 43.7 Å². The maximum Gasteiger partial charge on any atom is 2.00 e. The second-order valence-electron chi connectivity index (χ2n) is 3.87. The summed E-state index contributed by atoms with van der Waals surface area (Å²) in [6.07, 6.45) is 1.04. The Hall–Kier alpha value is 0.596. The van der Waals surface area contributed by atoms with E-state index in [1.807, 2.05) is 0 Å². The summed E-state index contributed by atoms with van der Waals surface area (Å²) >= 11 is 0. The van der Waals surface area contributed by atoms with Crippen molar-refractivity contribution in [3.63, 3.8) is 0 Å². The number of carbonyl (C=O) groups excluding carboxylic acids is 1. The molecule has 0 amide bonds. The minimum atomic E-state index is -0.573. The molecule has 0 aliphatic heterocycles. The van der Waals surface area contributed by atoms with E-state index < -0.39 is 5.60 Å². The Labute approximate surface area is 144 Å². The average Bonchev–Trinajstić information content (AvgIpc) is 2.22. The molecule has 7 heteroatoms.